The minimum atomic E-state index is -0.0706. The van der Waals surface area contributed by atoms with Crippen LogP contribution in [0, 0.1) is 0 Å². The lowest BCUT2D eigenvalue weighted by Gasteiger charge is -2.21. The molecule has 4 nitrogen and oxygen atoms in total. The molecule has 13 rings (SSSR count). The van der Waals surface area contributed by atoms with Crippen molar-refractivity contribution >= 4 is 86.2 Å². The molecule has 0 radical (unpaired) electrons. The Morgan fingerprint density at radius 1 is 0.517 bits per heavy atom. The van der Waals surface area contributed by atoms with Crippen molar-refractivity contribution in [2.24, 2.45) is 0 Å². The topological polar surface area (TPSA) is 43.9 Å². The van der Waals surface area contributed by atoms with E-state index in [1.54, 1.807) is 0 Å². The van der Waals surface area contributed by atoms with E-state index in [0.29, 0.717) is 5.95 Å². The van der Waals surface area contributed by atoms with Gasteiger partial charge in [-0.1, -0.05) is 135 Å². The largest absolute Gasteiger partial charge is 0.455 e. The Labute approximate surface area is 337 Å². The first-order valence-corrected chi connectivity index (χ1v) is 20.6. The second-order valence-electron chi connectivity index (χ2n) is 16.1. The monoisotopic (exact) mass is 759 g/mol. The van der Waals surface area contributed by atoms with Gasteiger partial charge >= 0.3 is 0 Å². The highest BCUT2D eigenvalue weighted by molar-refractivity contribution is 7.25. The number of hydrogen-bond donors (Lipinski definition) is 0. The van der Waals surface area contributed by atoms with Gasteiger partial charge in [0, 0.05) is 58.3 Å². The van der Waals surface area contributed by atoms with E-state index in [-0.39, 0.29) is 5.41 Å². The fourth-order valence-electron chi connectivity index (χ4n) is 9.90. The highest BCUT2D eigenvalue weighted by atomic mass is 32.1. The quantitative estimate of drug-likeness (QED) is 0.180. The predicted molar refractivity (Wildman–Crippen MR) is 242 cm³/mol. The molecule has 8 aromatic carbocycles. The number of benzene rings is 8. The molecule has 0 aliphatic heterocycles. The minimum Gasteiger partial charge on any atom is -0.455 e. The third-order valence-corrected chi connectivity index (χ3v) is 13.8. The summed E-state index contributed by atoms with van der Waals surface area (Å²) >= 11 is 1.83. The fourth-order valence-corrected chi connectivity index (χ4v) is 11.1. The lowest BCUT2D eigenvalue weighted by atomic mass is 9.82. The Morgan fingerprint density at radius 3 is 2.14 bits per heavy atom. The lowest BCUT2D eigenvalue weighted by molar-refractivity contribution is 0.660. The van der Waals surface area contributed by atoms with Crippen molar-refractivity contribution in [1.29, 1.82) is 0 Å². The van der Waals surface area contributed by atoms with Crippen LogP contribution in [0.3, 0.4) is 0 Å². The summed E-state index contributed by atoms with van der Waals surface area (Å²) in [5.41, 5.74) is 14.1. The molecule has 0 bridgehead atoms. The predicted octanol–water partition coefficient (Wildman–Crippen LogP) is 14.6. The number of nitrogens with zero attached hydrogens (tertiary/aromatic N) is 3. The zero-order valence-electron chi connectivity index (χ0n) is 31.7. The van der Waals surface area contributed by atoms with Crippen LogP contribution in [0.2, 0.25) is 0 Å². The first-order chi connectivity index (χ1) is 28.5. The van der Waals surface area contributed by atoms with E-state index in [4.69, 9.17) is 14.4 Å². The molecule has 0 N–H and O–H groups in total. The minimum absolute atomic E-state index is 0.0706. The van der Waals surface area contributed by atoms with Crippen molar-refractivity contribution in [2.45, 2.75) is 19.3 Å². The summed E-state index contributed by atoms with van der Waals surface area (Å²) < 4.78 is 11.7. The standard InChI is InChI=1S/C53H33N3OS/c1-53(2)41-18-8-3-13-32(41)39-27-30(24-26-42(39)53)38-29-40-33-14-5-10-20-44(33)56(50(40)48-37-17-6-11-21-45(37)57-51(38)48)52-54-43-19-9-4-16-36(43)49(55-52)31-23-25-35-34-15-7-12-22-46(34)58-47(35)28-31/h3-29H,1-2H3. The van der Waals surface area contributed by atoms with Crippen LogP contribution in [0.5, 0.6) is 0 Å². The summed E-state index contributed by atoms with van der Waals surface area (Å²) in [6, 6.07) is 59.0. The average molecular weight is 760 g/mol. The first kappa shape index (κ1) is 32.1. The van der Waals surface area contributed by atoms with Crippen molar-refractivity contribution in [1.82, 2.24) is 14.5 Å². The van der Waals surface area contributed by atoms with E-state index < -0.39 is 0 Å². The van der Waals surface area contributed by atoms with E-state index >= 15 is 0 Å². The summed E-state index contributed by atoms with van der Waals surface area (Å²) in [4.78, 5) is 10.9. The van der Waals surface area contributed by atoms with Gasteiger partial charge in [-0.25, -0.2) is 9.97 Å². The van der Waals surface area contributed by atoms with Crippen LogP contribution in [-0.4, -0.2) is 14.5 Å². The van der Waals surface area contributed by atoms with Gasteiger partial charge in [0.05, 0.1) is 27.6 Å². The van der Waals surface area contributed by atoms with Crippen LogP contribution in [-0.2, 0) is 5.41 Å². The van der Waals surface area contributed by atoms with Gasteiger partial charge in [-0.3, -0.25) is 4.57 Å². The van der Waals surface area contributed by atoms with Crippen LogP contribution in [0.15, 0.2) is 168 Å². The van der Waals surface area contributed by atoms with E-state index in [1.165, 1.54) is 42.4 Å². The van der Waals surface area contributed by atoms with Crippen molar-refractivity contribution in [3.05, 3.63) is 175 Å². The maximum Gasteiger partial charge on any atom is 0.235 e. The third-order valence-electron chi connectivity index (χ3n) is 12.6. The van der Waals surface area contributed by atoms with Crippen LogP contribution >= 0.6 is 11.3 Å². The van der Waals surface area contributed by atoms with E-state index in [1.807, 2.05) is 11.3 Å². The number of thiophene rings is 1. The van der Waals surface area contributed by atoms with Crippen molar-refractivity contribution in [2.75, 3.05) is 0 Å². The zero-order chi connectivity index (χ0) is 38.3. The van der Waals surface area contributed by atoms with Crippen molar-refractivity contribution in [3.8, 4) is 39.5 Å². The molecule has 0 atom stereocenters. The van der Waals surface area contributed by atoms with Gasteiger partial charge in [-0.2, -0.15) is 0 Å². The Morgan fingerprint density at radius 2 is 1.22 bits per heavy atom. The van der Waals surface area contributed by atoms with Gasteiger partial charge in [-0.05, 0) is 70.3 Å². The molecule has 4 aromatic heterocycles. The number of para-hydroxylation sites is 3. The van der Waals surface area contributed by atoms with Crippen molar-refractivity contribution in [3.63, 3.8) is 0 Å². The maximum absolute atomic E-state index is 6.94. The van der Waals surface area contributed by atoms with Crippen LogP contribution in [0.1, 0.15) is 25.0 Å². The summed E-state index contributed by atoms with van der Waals surface area (Å²) in [6.45, 7) is 4.66. The maximum atomic E-state index is 6.94. The van der Waals surface area contributed by atoms with E-state index in [9.17, 15) is 0 Å². The molecule has 4 heterocycles. The number of fused-ring (bicyclic) bond motifs is 14. The van der Waals surface area contributed by atoms with Crippen LogP contribution in [0.4, 0.5) is 0 Å². The second kappa shape index (κ2) is 11.5. The second-order valence-corrected chi connectivity index (χ2v) is 17.2. The molecule has 0 unspecified atom stereocenters. The molecular weight excluding hydrogens is 727 g/mol. The van der Waals surface area contributed by atoms with Gasteiger partial charge in [-0.15, -0.1) is 11.3 Å². The number of furan rings is 1. The molecule has 0 saturated carbocycles. The third kappa shape index (κ3) is 4.28. The molecule has 272 valence electrons. The highest BCUT2D eigenvalue weighted by Crippen LogP contribution is 2.51. The van der Waals surface area contributed by atoms with Gasteiger partial charge in [0.15, 0.2) is 0 Å². The van der Waals surface area contributed by atoms with Gasteiger partial charge < -0.3 is 4.42 Å². The number of rotatable bonds is 3. The molecule has 0 amide bonds. The normalized spacial score (nSPS) is 13.5. The molecular formula is C53H33N3OS. The first-order valence-electron chi connectivity index (χ1n) is 19.8. The van der Waals surface area contributed by atoms with E-state index in [0.717, 1.165) is 77.0 Å². The number of aromatic nitrogens is 3. The SMILES string of the molecule is CC1(C)c2ccccc2-c2cc(-c3cc4c5ccccc5n(-c5nc(-c6ccc7c(c6)sc6ccccc67)c6ccccc6n5)c4c4c3oc3ccccc34)ccc21. The Hall–Kier alpha value is -7.08. The zero-order valence-corrected chi connectivity index (χ0v) is 32.6. The van der Waals surface area contributed by atoms with Crippen LogP contribution in [0.25, 0.3) is 114 Å². The molecule has 5 heteroatoms. The summed E-state index contributed by atoms with van der Waals surface area (Å²) in [5.74, 6) is 0.632. The van der Waals surface area contributed by atoms with Crippen LogP contribution < -0.4 is 0 Å². The molecule has 1 aliphatic rings. The van der Waals surface area contributed by atoms with Gasteiger partial charge in [0.1, 0.15) is 11.2 Å². The molecule has 1 aliphatic carbocycles. The van der Waals surface area contributed by atoms with Gasteiger partial charge in [0.25, 0.3) is 0 Å². The Bertz CT molecular complexity index is 3730. The molecule has 0 saturated heterocycles. The fraction of sp³-hybridized carbons (Fsp3) is 0.0566. The number of hydrogen-bond acceptors (Lipinski definition) is 4. The molecule has 0 fully saturated rings. The average Bonchev–Trinajstić information content (AvgIpc) is 3.99. The smallest absolute Gasteiger partial charge is 0.235 e. The Balaban J connectivity index is 1.11. The molecule has 58 heavy (non-hydrogen) atoms. The lowest BCUT2D eigenvalue weighted by Crippen LogP contribution is -2.14. The highest BCUT2D eigenvalue weighted by Gasteiger charge is 2.35. The van der Waals surface area contributed by atoms with Gasteiger partial charge in [0.2, 0.25) is 5.95 Å². The van der Waals surface area contributed by atoms with Crippen molar-refractivity contribution < 1.29 is 4.42 Å². The summed E-state index contributed by atoms with van der Waals surface area (Å²) in [7, 11) is 0. The molecule has 12 aromatic rings. The van der Waals surface area contributed by atoms with E-state index in [2.05, 4.69) is 182 Å². The summed E-state index contributed by atoms with van der Waals surface area (Å²) in [5, 5.41) is 7.99. The molecule has 0 spiro atoms. The Kier molecular flexibility index (Phi) is 6.36. The summed E-state index contributed by atoms with van der Waals surface area (Å²) in [6.07, 6.45) is 0.